The van der Waals surface area contributed by atoms with Gasteiger partial charge in [0.15, 0.2) is 11.5 Å². The van der Waals surface area contributed by atoms with Crippen molar-refractivity contribution in [3.05, 3.63) is 82.3 Å². The van der Waals surface area contributed by atoms with Crippen molar-refractivity contribution < 1.29 is 31.9 Å². The van der Waals surface area contributed by atoms with Crippen molar-refractivity contribution in [2.45, 2.75) is 51.9 Å². The molecule has 2 heterocycles. The van der Waals surface area contributed by atoms with E-state index in [1.165, 1.54) is 33.8 Å². The van der Waals surface area contributed by atoms with E-state index in [2.05, 4.69) is 36.0 Å². The van der Waals surface area contributed by atoms with Crippen LogP contribution in [0.2, 0.25) is 5.02 Å². The Labute approximate surface area is 241 Å². The van der Waals surface area contributed by atoms with Crippen molar-refractivity contribution in [3.63, 3.8) is 0 Å². The molecule has 42 heavy (non-hydrogen) atoms. The van der Waals surface area contributed by atoms with Gasteiger partial charge in [0, 0.05) is 37.1 Å². The number of nitrogens with one attached hydrogen (secondary N) is 2. The second-order valence-electron chi connectivity index (χ2n) is 9.25. The van der Waals surface area contributed by atoms with E-state index in [0.717, 1.165) is 18.2 Å². The molecular weight excluding hydrogens is 584 g/mol. The SMILES string of the molecule is CC(F)(F)Oc1ccc(F)c(CNC(=O)c2cn(CCCCn3cc(NC(=O)Cc4cc(Cl)ccc4F)nn3)nn2)c1. The molecule has 0 aliphatic heterocycles. The van der Waals surface area contributed by atoms with Crippen LogP contribution in [0.25, 0.3) is 0 Å². The lowest BCUT2D eigenvalue weighted by Crippen LogP contribution is -2.24. The number of halogens is 5. The summed E-state index contributed by atoms with van der Waals surface area (Å²) in [6, 6.07) is 7.09. The molecule has 0 bridgehead atoms. The minimum atomic E-state index is -3.44. The second kappa shape index (κ2) is 13.4. The second-order valence-corrected chi connectivity index (χ2v) is 9.68. The number of aryl methyl sites for hydroxylation is 2. The lowest BCUT2D eigenvalue weighted by atomic mass is 10.1. The topological polar surface area (TPSA) is 129 Å². The molecule has 2 aromatic carbocycles. The van der Waals surface area contributed by atoms with Gasteiger partial charge in [-0.3, -0.25) is 19.0 Å². The Bertz CT molecular complexity index is 1560. The fourth-order valence-electron chi connectivity index (χ4n) is 3.79. The van der Waals surface area contributed by atoms with Gasteiger partial charge in [0.05, 0.1) is 18.8 Å². The lowest BCUT2D eigenvalue weighted by Gasteiger charge is -2.14. The van der Waals surface area contributed by atoms with E-state index < -0.39 is 29.6 Å². The van der Waals surface area contributed by atoms with Crippen molar-refractivity contribution in [3.8, 4) is 5.75 Å². The number of nitrogens with zero attached hydrogens (tertiary/aromatic N) is 6. The Balaban J connectivity index is 1.19. The van der Waals surface area contributed by atoms with Gasteiger partial charge < -0.3 is 15.4 Å². The van der Waals surface area contributed by atoms with Gasteiger partial charge in [0.2, 0.25) is 5.91 Å². The quantitative estimate of drug-likeness (QED) is 0.170. The zero-order chi connectivity index (χ0) is 30.3. The predicted octanol–water partition coefficient (Wildman–Crippen LogP) is 4.38. The monoisotopic (exact) mass is 608 g/mol. The van der Waals surface area contributed by atoms with Crippen molar-refractivity contribution in [2.24, 2.45) is 0 Å². The van der Waals surface area contributed by atoms with Gasteiger partial charge in [-0.2, -0.15) is 8.78 Å². The van der Waals surface area contributed by atoms with E-state index in [-0.39, 0.29) is 41.4 Å². The number of anilines is 1. The van der Waals surface area contributed by atoms with Gasteiger partial charge in [-0.25, -0.2) is 8.78 Å². The maximum absolute atomic E-state index is 14.0. The summed E-state index contributed by atoms with van der Waals surface area (Å²) in [4.78, 5) is 24.6. The van der Waals surface area contributed by atoms with E-state index in [4.69, 9.17) is 11.6 Å². The number of unbranched alkanes of at least 4 members (excludes halogenated alkanes) is 1. The van der Waals surface area contributed by atoms with Crippen molar-refractivity contribution in [2.75, 3.05) is 5.32 Å². The van der Waals surface area contributed by atoms with Crippen LogP contribution in [0, 0.1) is 11.6 Å². The minimum Gasteiger partial charge on any atom is -0.433 e. The van der Waals surface area contributed by atoms with Crippen molar-refractivity contribution in [1.29, 1.82) is 0 Å². The van der Waals surface area contributed by atoms with E-state index >= 15 is 0 Å². The summed E-state index contributed by atoms with van der Waals surface area (Å²) in [7, 11) is 0. The summed E-state index contributed by atoms with van der Waals surface area (Å²) < 4.78 is 61.4. The molecule has 0 atom stereocenters. The Morgan fingerprint density at radius 2 is 1.62 bits per heavy atom. The molecular formula is C26H25ClF4N8O3. The van der Waals surface area contributed by atoms with E-state index in [0.29, 0.717) is 37.9 Å². The largest absolute Gasteiger partial charge is 0.433 e. The summed E-state index contributed by atoms with van der Waals surface area (Å²) in [5, 5.41) is 20.9. The highest BCUT2D eigenvalue weighted by atomic mass is 35.5. The summed E-state index contributed by atoms with van der Waals surface area (Å²) in [5.74, 6) is -2.34. The maximum Gasteiger partial charge on any atom is 0.394 e. The zero-order valence-corrected chi connectivity index (χ0v) is 22.9. The molecule has 11 nitrogen and oxygen atoms in total. The first-order chi connectivity index (χ1) is 19.9. The molecule has 222 valence electrons. The first-order valence-electron chi connectivity index (χ1n) is 12.6. The fourth-order valence-corrected chi connectivity index (χ4v) is 3.98. The minimum absolute atomic E-state index is 0.00257. The predicted molar refractivity (Wildman–Crippen MR) is 142 cm³/mol. The number of ether oxygens (including phenoxy) is 1. The molecule has 0 spiro atoms. The molecule has 0 radical (unpaired) electrons. The number of aromatic nitrogens is 6. The third-order valence-corrected chi connectivity index (χ3v) is 5.95. The van der Waals surface area contributed by atoms with Crippen LogP contribution in [-0.4, -0.2) is 47.9 Å². The number of hydrogen-bond acceptors (Lipinski definition) is 7. The van der Waals surface area contributed by atoms with Crippen LogP contribution in [0.4, 0.5) is 23.4 Å². The van der Waals surface area contributed by atoms with Crippen LogP contribution in [0.5, 0.6) is 5.75 Å². The van der Waals surface area contributed by atoms with Crippen LogP contribution in [0.15, 0.2) is 48.8 Å². The molecule has 2 N–H and O–H groups in total. The number of hydrogen-bond donors (Lipinski definition) is 2. The smallest absolute Gasteiger partial charge is 0.394 e. The van der Waals surface area contributed by atoms with Gasteiger partial charge in [-0.15, -0.1) is 10.2 Å². The summed E-state index contributed by atoms with van der Waals surface area (Å²) >= 11 is 5.85. The summed E-state index contributed by atoms with van der Waals surface area (Å²) in [5.41, 5.74) is 0.123. The first kappa shape index (κ1) is 30.4. The number of carbonyl (C=O) groups excluding carboxylic acids is 2. The number of carbonyl (C=O) groups is 2. The van der Waals surface area contributed by atoms with Crippen LogP contribution in [-0.2, 0) is 30.8 Å². The maximum atomic E-state index is 14.0. The van der Waals surface area contributed by atoms with Gasteiger partial charge in [-0.1, -0.05) is 22.0 Å². The molecule has 2 amide bonds. The highest BCUT2D eigenvalue weighted by Crippen LogP contribution is 2.23. The van der Waals surface area contributed by atoms with E-state index in [1.807, 2.05) is 0 Å². The normalized spacial score (nSPS) is 11.4. The van der Waals surface area contributed by atoms with Crippen molar-refractivity contribution in [1.82, 2.24) is 35.3 Å². The molecule has 0 aliphatic carbocycles. The Hall–Kier alpha value is -4.53. The highest BCUT2D eigenvalue weighted by molar-refractivity contribution is 6.30. The third kappa shape index (κ3) is 8.99. The Morgan fingerprint density at radius 1 is 0.952 bits per heavy atom. The van der Waals surface area contributed by atoms with Crippen LogP contribution < -0.4 is 15.4 Å². The fraction of sp³-hybridized carbons (Fsp3) is 0.308. The number of alkyl halides is 2. The van der Waals surface area contributed by atoms with Gasteiger partial charge >= 0.3 is 6.11 Å². The average Bonchev–Trinajstić information content (AvgIpc) is 3.58. The molecule has 2 aromatic heterocycles. The third-order valence-electron chi connectivity index (χ3n) is 5.71. The Morgan fingerprint density at radius 3 is 2.36 bits per heavy atom. The van der Waals surface area contributed by atoms with Crippen LogP contribution in [0.3, 0.4) is 0 Å². The summed E-state index contributed by atoms with van der Waals surface area (Å²) in [6.07, 6.45) is 0.614. The van der Waals surface area contributed by atoms with Gasteiger partial charge in [0.1, 0.15) is 17.4 Å². The van der Waals surface area contributed by atoms with E-state index in [1.54, 1.807) is 6.20 Å². The van der Waals surface area contributed by atoms with Gasteiger partial charge in [-0.05, 0) is 54.8 Å². The molecule has 0 saturated carbocycles. The number of amides is 2. The van der Waals surface area contributed by atoms with Crippen molar-refractivity contribution >= 4 is 29.2 Å². The number of benzene rings is 2. The van der Waals surface area contributed by atoms with Crippen LogP contribution in [0.1, 0.15) is 41.4 Å². The molecule has 0 saturated heterocycles. The zero-order valence-electron chi connectivity index (χ0n) is 22.2. The molecule has 16 heteroatoms. The lowest BCUT2D eigenvalue weighted by molar-refractivity contribution is -0.159. The standard InChI is InChI=1S/C26H25ClF4N8O3/c1-26(30,31)42-19-5-7-21(29)17(11-19)13-32-25(41)22-14-38(36-34-22)8-2-3-9-39-15-23(35-37-39)33-24(40)12-16-10-18(27)4-6-20(16)28/h4-7,10-11,14-15H,2-3,8-9,12-13H2,1H3,(H,32,41)(H,33,40). The van der Waals surface area contributed by atoms with Gasteiger partial charge in [0.25, 0.3) is 5.91 Å². The molecule has 4 aromatic rings. The molecule has 0 fully saturated rings. The molecule has 0 unspecified atom stereocenters. The molecule has 0 aliphatic rings. The first-order valence-corrected chi connectivity index (χ1v) is 13.0. The Kier molecular flexibility index (Phi) is 9.72. The average molecular weight is 609 g/mol. The molecule has 4 rings (SSSR count). The van der Waals surface area contributed by atoms with E-state index in [9.17, 15) is 27.2 Å². The van der Waals surface area contributed by atoms with Crippen LogP contribution >= 0.6 is 11.6 Å². The summed E-state index contributed by atoms with van der Waals surface area (Å²) in [6.45, 7) is 1.20. The highest BCUT2D eigenvalue weighted by Gasteiger charge is 2.23. The number of rotatable bonds is 13.